The van der Waals surface area contributed by atoms with Crippen LogP contribution in [0, 0.1) is 10.1 Å². The van der Waals surface area contributed by atoms with E-state index in [4.69, 9.17) is 9.47 Å². The number of hydrogen-bond donors (Lipinski definition) is 1. The highest BCUT2D eigenvalue weighted by atomic mass is 32.1. The lowest BCUT2D eigenvalue weighted by molar-refractivity contribution is -0.385. The van der Waals surface area contributed by atoms with Gasteiger partial charge < -0.3 is 9.47 Å². The van der Waals surface area contributed by atoms with Crippen molar-refractivity contribution in [1.82, 2.24) is 10.2 Å². The van der Waals surface area contributed by atoms with Gasteiger partial charge in [-0.25, -0.2) is 0 Å². The Morgan fingerprint density at radius 3 is 3.04 bits per heavy atom. The van der Waals surface area contributed by atoms with E-state index < -0.39 is 10.8 Å². The van der Waals surface area contributed by atoms with Crippen molar-refractivity contribution in [3.63, 3.8) is 0 Å². The largest absolute Gasteiger partial charge is 0.477 e. The summed E-state index contributed by atoms with van der Waals surface area (Å²) in [5.41, 5.74) is -0.193. The van der Waals surface area contributed by atoms with E-state index in [1.54, 1.807) is 6.07 Å². The van der Waals surface area contributed by atoms with Gasteiger partial charge in [0.25, 0.3) is 5.91 Å². The van der Waals surface area contributed by atoms with Gasteiger partial charge in [0, 0.05) is 12.7 Å². The molecule has 1 aromatic carbocycles. The normalized spacial score (nSPS) is 16.8. The van der Waals surface area contributed by atoms with Crippen molar-refractivity contribution in [2.75, 3.05) is 18.5 Å². The Hall–Kier alpha value is -2.59. The van der Waals surface area contributed by atoms with Crippen molar-refractivity contribution in [2.24, 2.45) is 0 Å². The van der Waals surface area contributed by atoms with Gasteiger partial charge in [-0.3, -0.25) is 20.2 Å². The summed E-state index contributed by atoms with van der Waals surface area (Å²) < 4.78 is 10.7. The monoisotopic (exact) mass is 350 g/mol. The number of hydrogen-bond acceptors (Lipinski definition) is 8. The Morgan fingerprint density at radius 2 is 2.29 bits per heavy atom. The second kappa shape index (κ2) is 7.32. The molecule has 24 heavy (non-hydrogen) atoms. The van der Waals surface area contributed by atoms with Crippen LogP contribution in [0.4, 0.5) is 10.8 Å². The molecule has 1 aliphatic heterocycles. The van der Waals surface area contributed by atoms with Crippen LogP contribution in [-0.2, 0) is 9.53 Å². The van der Waals surface area contributed by atoms with Crippen LogP contribution in [0.1, 0.15) is 24.0 Å². The molecule has 1 unspecified atom stereocenters. The molecule has 1 saturated heterocycles. The minimum absolute atomic E-state index is 0.0370. The van der Waals surface area contributed by atoms with Crippen molar-refractivity contribution < 1.29 is 19.2 Å². The molecule has 2 aromatic rings. The average Bonchev–Trinajstić information content (AvgIpc) is 3.24. The number of para-hydroxylation sites is 2. The zero-order valence-electron chi connectivity index (χ0n) is 12.5. The first kappa shape index (κ1) is 16.3. The summed E-state index contributed by atoms with van der Waals surface area (Å²) in [4.78, 5) is 22.2. The first-order chi connectivity index (χ1) is 11.6. The number of ether oxygens (including phenoxy) is 2. The smallest absolute Gasteiger partial charge is 0.310 e. The van der Waals surface area contributed by atoms with Crippen molar-refractivity contribution >= 4 is 28.1 Å². The van der Waals surface area contributed by atoms with Gasteiger partial charge in [0.05, 0.1) is 4.92 Å². The zero-order valence-corrected chi connectivity index (χ0v) is 13.3. The van der Waals surface area contributed by atoms with Crippen LogP contribution in [-0.4, -0.2) is 34.2 Å². The van der Waals surface area contributed by atoms with Gasteiger partial charge in [-0.2, -0.15) is 0 Å². The highest BCUT2D eigenvalue weighted by Crippen LogP contribution is 2.32. The first-order valence-electron chi connectivity index (χ1n) is 7.24. The molecule has 1 amide bonds. The van der Waals surface area contributed by atoms with E-state index in [1.807, 2.05) is 0 Å². The highest BCUT2D eigenvalue weighted by Gasteiger charge is 2.22. The molecule has 0 aliphatic carbocycles. The van der Waals surface area contributed by atoms with E-state index in [0.29, 0.717) is 11.7 Å². The summed E-state index contributed by atoms with van der Waals surface area (Å²) in [5, 5.41) is 22.4. The molecule has 2 heterocycles. The van der Waals surface area contributed by atoms with Gasteiger partial charge in [-0.15, -0.1) is 10.2 Å². The number of nitro groups is 1. The molecule has 1 fully saturated rings. The number of amides is 1. The fraction of sp³-hybridized carbons (Fsp3) is 0.357. The summed E-state index contributed by atoms with van der Waals surface area (Å²) in [6, 6.07) is 5.87. The fourth-order valence-electron chi connectivity index (χ4n) is 2.22. The molecule has 1 aliphatic rings. The molecule has 9 nitrogen and oxygen atoms in total. The van der Waals surface area contributed by atoms with Crippen LogP contribution in [0.5, 0.6) is 5.75 Å². The Morgan fingerprint density at radius 1 is 1.46 bits per heavy atom. The highest BCUT2D eigenvalue weighted by molar-refractivity contribution is 7.15. The van der Waals surface area contributed by atoms with Gasteiger partial charge in [0.1, 0.15) is 11.1 Å². The van der Waals surface area contributed by atoms with Crippen LogP contribution < -0.4 is 10.1 Å². The maximum atomic E-state index is 11.9. The third-order valence-corrected chi connectivity index (χ3v) is 4.24. The van der Waals surface area contributed by atoms with Crippen molar-refractivity contribution in [3.8, 4) is 5.75 Å². The molecular weight excluding hydrogens is 336 g/mol. The lowest BCUT2D eigenvalue weighted by atomic mass is 10.2. The molecule has 1 aromatic heterocycles. The Labute approximate surface area is 140 Å². The second-order valence-corrected chi connectivity index (χ2v) is 6.02. The van der Waals surface area contributed by atoms with E-state index in [9.17, 15) is 14.9 Å². The quantitative estimate of drug-likeness (QED) is 0.627. The number of benzene rings is 1. The zero-order chi connectivity index (χ0) is 16.9. The number of nitro benzene ring substituents is 1. The number of carbonyl (C=O) groups excluding carboxylic acids is 1. The van der Waals surface area contributed by atoms with Gasteiger partial charge in [0.2, 0.25) is 5.13 Å². The third-order valence-electron chi connectivity index (χ3n) is 3.31. The van der Waals surface area contributed by atoms with Crippen molar-refractivity contribution in [1.29, 1.82) is 0 Å². The molecule has 10 heteroatoms. The predicted molar refractivity (Wildman–Crippen MR) is 85.1 cm³/mol. The Kier molecular flexibility index (Phi) is 4.96. The maximum absolute atomic E-state index is 11.9. The number of rotatable bonds is 6. The van der Waals surface area contributed by atoms with Crippen molar-refractivity contribution in [2.45, 2.75) is 18.9 Å². The van der Waals surface area contributed by atoms with Crippen molar-refractivity contribution in [3.05, 3.63) is 39.4 Å². The van der Waals surface area contributed by atoms with Gasteiger partial charge >= 0.3 is 5.69 Å². The maximum Gasteiger partial charge on any atom is 0.310 e. The number of nitrogens with zero attached hydrogens (tertiary/aromatic N) is 3. The lowest BCUT2D eigenvalue weighted by Gasteiger charge is -2.06. The second-order valence-electron chi connectivity index (χ2n) is 5.01. The molecule has 0 radical (unpaired) electrons. The van der Waals surface area contributed by atoms with Gasteiger partial charge in [-0.1, -0.05) is 23.5 Å². The fourth-order valence-corrected chi connectivity index (χ4v) is 3.06. The summed E-state index contributed by atoms with van der Waals surface area (Å²) in [6.45, 7) is 0.343. The standard InChI is InChI=1S/C14H14N4O5S/c19-12(8-23-10-5-2-1-4-9(10)18(20)21)15-14-17-16-13(24-14)11-6-3-7-22-11/h1-2,4-5,11H,3,6-8H2,(H,15,17,19). The molecular formula is C14H14N4O5S. The molecule has 1 N–H and O–H groups in total. The van der Waals surface area contributed by atoms with E-state index in [1.165, 1.54) is 29.5 Å². The van der Waals surface area contributed by atoms with Gasteiger partial charge in [0.15, 0.2) is 12.4 Å². The molecule has 0 saturated carbocycles. The Bertz CT molecular complexity index is 744. The van der Waals surface area contributed by atoms with E-state index >= 15 is 0 Å². The minimum Gasteiger partial charge on any atom is -0.477 e. The van der Waals surface area contributed by atoms with Crippen LogP contribution in [0.15, 0.2) is 24.3 Å². The van der Waals surface area contributed by atoms with Crippen LogP contribution >= 0.6 is 11.3 Å². The van der Waals surface area contributed by atoms with E-state index in [0.717, 1.165) is 17.8 Å². The Balaban J connectivity index is 1.55. The third kappa shape index (κ3) is 3.84. The minimum atomic E-state index is -0.564. The van der Waals surface area contributed by atoms with Crippen LogP contribution in [0.2, 0.25) is 0 Å². The van der Waals surface area contributed by atoms with Crippen LogP contribution in [0.25, 0.3) is 0 Å². The summed E-state index contributed by atoms with van der Waals surface area (Å²) in [7, 11) is 0. The topological polar surface area (TPSA) is 116 Å². The van der Waals surface area contributed by atoms with Crippen LogP contribution in [0.3, 0.4) is 0 Å². The molecule has 126 valence electrons. The molecule has 3 rings (SSSR count). The number of nitrogens with one attached hydrogen (secondary N) is 1. The SMILES string of the molecule is O=C(COc1ccccc1[N+](=O)[O-])Nc1nnc(C2CCCO2)s1. The summed E-state index contributed by atoms with van der Waals surface area (Å²) in [6.07, 6.45) is 1.82. The van der Waals surface area contributed by atoms with E-state index in [2.05, 4.69) is 15.5 Å². The number of aromatic nitrogens is 2. The molecule has 1 atom stereocenters. The van der Waals surface area contributed by atoms with Gasteiger partial charge in [-0.05, 0) is 18.9 Å². The predicted octanol–water partition coefficient (Wildman–Crippen LogP) is 2.32. The number of carbonyl (C=O) groups is 1. The summed E-state index contributed by atoms with van der Waals surface area (Å²) in [5.74, 6) is -0.432. The molecule has 0 bridgehead atoms. The summed E-state index contributed by atoms with van der Waals surface area (Å²) >= 11 is 1.25. The average molecular weight is 350 g/mol. The van der Waals surface area contributed by atoms with E-state index in [-0.39, 0.29) is 24.1 Å². The molecule has 0 spiro atoms. The number of anilines is 1. The lowest BCUT2D eigenvalue weighted by Crippen LogP contribution is -2.20. The first-order valence-corrected chi connectivity index (χ1v) is 8.06.